The summed E-state index contributed by atoms with van der Waals surface area (Å²) in [4.78, 5) is 0. The fourth-order valence-electron chi connectivity index (χ4n) is 4.35. The summed E-state index contributed by atoms with van der Waals surface area (Å²) in [5.41, 5.74) is 5.43. The molecule has 0 amide bonds. The molecular weight excluding hydrogens is 312 g/mol. The molecule has 0 bridgehead atoms. The number of aliphatic hydroxyl groups excluding tert-OH is 1. The van der Waals surface area contributed by atoms with E-state index in [0.717, 1.165) is 12.8 Å². The summed E-state index contributed by atoms with van der Waals surface area (Å²) < 4.78 is 5.70. The monoisotopic (exact) mass is 350 g/mol. The highest BCUT2D eigenvalue weighted by Gasteiger charge is 2.42. The van der Waals surface area contributed by atoms with E-state index in [4.69, 9.17) is 4.74 Å². The lowest BCUT2D eigenvalue weighted by atomic mass is 9.90. The first-order valence-corrected chi connectivity index (χ1v) is 11.9. The van der Waals surface area contributed by atoms with Crippen molar-refractivity contribution >= 4 is 8.07 Å². The van der Waals surface area contributed by atoms with E-state index in [1.54, 1.807) is 6.26 Å². The molecule has 0 aliphatic carbocycles. The highest BCUT2D eigenvalue weighted by molar-refractivity contribution is 6.90. The average Bonchev–Trinajstić information content (AvgIpc) is 2.46. The summed E-state index contributed by atoms with van der Waals surface area (Å²) in [7, 11) is -1.77. The molecule has 2 nitrogen and oxygen atoms in total. The Labute approximate surface area is 151 Å². The van der Waals surface area contributed by atoms with Gasteiger partial charge in [-0.05, 0) is 41.5 Å². The molecule has 0 aromatic carbocycles. The molecule has 1 aliphatic rings. The smallest absolute Gasteiger partial charge is 0.146 e. The molecule has 0 spiro atoms. The van der Waals surface area contributed by atoms with Gasteiger partial charge in [0, 0.05) is 5.92 Å². The van der Waals surface area contributed by atoms with Crippen LogP contribution < -0.4 is 0 Å². The van der Waals surface area contributed by atoms with Gasteiger partial charge in [0.25, 0.3) is 0 Å². The van der Waals surface area contributed by atoms with Crippen LogP contribution in [0.25, 0.3) is 0 Å². The summed E-state index contributed by atoms with van der Waals surface area (Å²) in [6, 6.07) is 0. The SMILES string of the molecule is CC(C)C[C@@H]1C[C@H]([C@H](O)C#C[Si](C(C)C)(C(C)C)C(C)C)C=CO1. The Bertz CT molecular complexity index is 446. The van der Waals surface area contributed by atoms with E-state index in [1.807, 2.05) is 6.08 Å². The molecule has 1 rings (SSSR count). The molecule has 0 aromatic rings. The van der Waals surface area contributed by atoms with Crippen molar-refractivity contribution in [2.75, 3.05) is 0 Å². The lowest BCUT2D eigenvalue weighted by Crippen LogP contribution is -2.43. The number of aliphatic hydroxyl groups is 1. The standard InChI is InChI=1S/C21H38O2Si/c1-15(2)13-20-14-19(9-11-23-20)21(22)10-12-24(16(3)4,17(5)6)18(7)8/h9,11,15-22H,13-14H2,1-8H3/t19-,20-,21-/m1/s1. The fourth-order valence-corrected chi connectivity index (χ4v) is 9.61. The molecule has 1 aliphatic heterocycles. The molecule has 0 saturated heterocycles. The van der Waals surface area contributed by atoms with Gasteiger partial charge in [0.1, 0.15) is 14.2 Å². The second kappa shape index (κ2) is 9.11. The maximum Gasteiger partial charge on any atom is 0.146 e. The van der Waals surface area contributed by atoms with Crippen LogP contribution in [0.5, 0.6) is 0 Å². The van der Waals surface area contributed by atoms with Crippen LogP contribution in [0.3, 0.4) is 0 Å². The Kier molecular flexibility index (Phi) is 8.09. The normalized spacial score (nSPS) is 22.7. The molecule has 1 N–H and O–H groups in total. The van der Waals surface area contributed by atoms with Gasteiger partial charge in [-0.25, -0.2) is 0 Å². The van der Waals surface area contributed by atoms with E-state index in [2.05, 4.69) is 66.9 Å². The molecule has 1 heterocycles. The van der Waals surface area contributed by atoms with E-state index in [1.165, 1.54) is 0 Å². The van der Waals surface area contributed by atoms with Gasteiger partial charge in [0.05, 0.1) is 12.4 Å². The summed E-state index contributed by atoms with van der Waals surface area (Å²) in [5.74, 6) is 3.97. The number of ether oxygens (including phenoxy) is 1. The van der Waals surface area contributed by atoms with Gasteiger partial charge < -0.3 is 9.84 Å². The van der Waals surface area contributed by atoms with Crippen LogP contribution in [-0.2, 0) is 4.74 Å². The summed E-state index contributed by atoms with van der Waals surface area (Å²) in [6.07, 6.45) is 5.28. The zero-order valence-corrected chi connectivity index (χ0v) is 18.0. The average molecular weight is 351 g/mol. The van der Waals surface area contributed by atoms with Crippen LogP contribution in [0, 0.1) is 23.3 Å². The zero-order valence-electron chi connectivity index (χ0n) is 17.0. The van der Waals surface area contributed by atoms with E-state index >= 15 is 0 Å². The molecule has 0 saturated carbocycles. The van der Waals surface area contributed by atoms with Crippen molar-refractivity contribution in [3.8, 4) is 11.5 Å². The maximum absolute atomic E-state index is 10.7. The zero-order chi connectivity index (χ0) is 18.5. The van der Waals surface area contributed by atoms with Gasteiger partial charge in [-0.2, -0.15) is 0 Å². The topological polar surface area (TPSA) is 29.5 Å². The van der Waals surface area contributed by atoms with Gasteiger partial charge in [-0.3, -0.25) is 0 Å². The highest BCUT2D eigenvalue weighted by Crippen LogP contribution is 2.40. The van der Waals surface area contributed by atoms with Gasteiger partial charge in [0.2, 0.25) is 0 Å². The molecule has 0 fully saturated rings. The van der Waals surface area contributed by atoms with Gasteiger partial charge >= 0.3 is 0 Å². The third kappa shape index (κ3) is 5.13. The number of hydrogen-bond donors (Lipinski definition) is 1. The molecule has 0 unspecified atom stereocenters. The Morgan fingerprint density at radius 1 is 1.04 bits per heavy atom. The van der Waals surface area contributed by atoms with Crippen molar-refractivity contribution in [2.45, 2.75) is 97.1 Å². The lowest BCUT2D eigenvalue weighted by molar-refractivity contribution is 0.0596. The van der Waals surface area contributed by atoms with Gasteiger partial charge in [-0.15, -0.1) is 5.54 Å². The van der Waals surface area contributed by atoms with Crippen LogP contribution in [0.2, 0.25) is 16.6 Å². The van der Waals surface area contributed by atoms with E-state index in [-0.39, 0.29) is 12.0 Å². The minimum atomic E-state index is -1.77. The number of rotatable bonds is 6. The van der Waals surface area contributed by atoms with Crippen LogP contribution in [0.1, 0.15) is 68.2 Å². The minimum Gasteiger partial charge on any atom is -0.498 e. The molecular formula is C21H38O2Si. The van der Waals surface area contributed by atoms with Crippen molar-refractivity contribution in [3.05, 3.63) is 12.3 Å². The van der Waals surface area contributed by atoms with Crippen molar-refractivity contribution in [1.82, 2.24) is 0 Å². The predicted molar refractivity (Wildman–Crippen MR) is 106 cm³/mol. The van der Waals surface area contributed by atoms with Gasteiger partial charge in [-0.1, -0.05) is 61.3 Å². The largest absolute Gasteiger partial charge is 0.498 e. The first kappa shape index (κ1) is 21.3. The predicted octanol–water partition coefficient (Wildman–Crippen LogP) is 5.53. The quantitative estimate of drug-likeness (QED) is 0.504. The Morgan fingerprint density at radius 3 is 2.04 bits per heavy atom. The minimum absolute atomic E-state index is 0.0909. The van der Waals surface area contributed by atoms with E-state index in [9.17, 15) is 5.11 Å². The van der Waals surface area contributed by atoms with Crippen LogP contribution in [0.4, 0.5) is 0 Å². The second-order valence-corrected chi connectivity index (χ2v) is 14.3. The summed E-state index contributed by atoms with van der Waals surface area (Å²) >= 11 is 0. The van der Waals surface area contributed by atoms with Crippen molar-refractivity contribution < 1.29 is 9.84 Å². The Hall–Kier alpha value is -0.723. The third-order valence-corrected chi connectivity index (χ3v) is 11.9. The van der Waals surface area contributed by atoms with Crippen LogP contribution >= 0.6 is 0 Å². The summed E-state index contributed by atoms with van der Waals surface area (Å²) in [5, 5.41) is 10.7. The van der Waals surface area contributed by atoms with Gasteiger partial charge in [0.15, 0.2) is 0 Å². The van der Waals surface area contributed by atoms with E-state index < -0.39 is 14.2 Å². The highest BCUT2D eigenvalue weighted by atomic mass is 28.3. The van der Waals surface area contributed by atoms with E-state index in [0.29, 0.717) is 22.5 Å². The van der Waals surface area contributed by atoms with Crippen molar-refractivity contribution in [2.24, 2.45) is 11.8 Å². The number of hydrogen-bond acceptors (Lipinski definition) is 2. The van der Waals surface area contributed by atoms with Crippen LogP contribution in [0.15, 0.2) is 12.3 Å². The Balaban J connectivity index is 2.93. The maximum atomic E-state index is 10.7. The first-order chi connectivity index (χ1) is 11.1. The lowest BCUT2D eigenvalue weighted by Gasteiger charge is -2.38. The van der Waals surface area contributed by atoms with Crippen molar-refractivity contribution in [3.63, 3.8) is 0 Å². The van der Waals surface area contributed by atoms with Crippen LogP contribution in [-0.4, -0.2) is 25.4 Å². The first-order valence-electron chi connectivity index (χ1n) is 9.64. The molecule has 0 radical (unpaired) electrons. The molecule has 3 atom stereocenters. The molecule has 24 heavy (non-hydrogen) atoms. The molecule has 3 heteroatoms. The third-order valence-electron chi connectivity index (χ3n) is 5.57. The second-order valence-electron chi connectivity index (χ2n) is 8.73. The fraction of sp³-hybridized carbons (Fsp3) is 0.810. The molecule has 0 aromatic heterocycles. The Morgan fingerprint density at radius 2 is 1.58 bits per heavy atom. The summed E-state index contributed by atoms with van der Waals surface area (Å²) in [6.45, 7) is 18.3. The van der Waals surface area contributed by atoms with Crippen molar-refractivity contribution in [1.29, 1.82) is 0 Å². The molecule has 138 valence electrons.